The summed E-state index contributed by atoms with van der Waals surface area (Å²) in [7, 11) is 3.83. The number of ether oxygens (including phenoxy) is 2. The van der Waals surface area contributed by atoms with Gasteiger partial charge in [0.15, 0.2) is 11.4 Å². The number of alkyl halides is 3. The quantitative estimate of drug-likeness (QED) is 0.641. The van der Waals surface area contributed by atoms with Crippen molar-refractivity contribution in [2.75, 3.05) is 14.2 Å². The standard InChI is InChI=1S/C11H10F4N4O2/c1-19-4-5(9(18-19)20-2)8-16-7(12)6(11(13,14)15)10(17-8)21-3/h4H,1-3H3. The molecule has 0 bridgehead atoms. The molecular formula is C11H10F4N4O2. The summed E-state index contributed by atoms with van der Waals surface area (Å²) in [5.41, 5.74) is -1.51. The Bertz CT molecular complexity index is 669. The van der Waals surface area contributed by atoms with Crippen LogP contribution in [0.4, 0.5) is 17.6 Å². The Morgan fingerprint density at radius 1 is 1.10 bits per heavy atom. The van der Waals surface area contributed by atoms with Gasteiger partial charge in [0.25, 0.3) is 0 Å². The predicted octanol–water partition coefficient (Wildman–Crippen LogP) is 2.05. The summed E-state index contributed by atoms with van der Waals surface area (Å²) in [5, 5.41) is 3.89. The molecule has 2 aromatic heterocycles. The van der Waals surface area contributed by atoms with Crippen LogP contribution >= 0.6 is 0 Å². The molecule has 0 aliphatic carbocycles. The lowest BCUT2D eigenvalue weighted by Crippen LogP contribution is -2.14. The highest BCUT2D eigenvalue weighted by Crippen LogP contribution is 2.38. The van der Waals surface area contributed by atoms with E-state index < -0.39 is 23.6 Å². The number of aryl methyl sites for hydroxylation is 1. The number of rotatable bonds is 3. The first-order valence-corrected chi connectivity index (χ1v) is 5.54. The van der Waals surface area contributed by atoms with Gasteiger partial charge in [-0.1, -0.05) is 0 Å². The molecule has 0 atom stereocenters. The lowest BCUT2D eigenvalue weighted by Gasteiger charge is -2.12. The number of aromatic nitrogens is 4. The zero-order chi connectivity index (χ0) is 15.8. The van der Waals surface area contributed by atoms with Gasteiger partial charge in [-0.15, -0.1) is 5.10 Å². The molecule has 2 aromatic rings. The van der Waals surface area contributed by atoms with Gasteiger partial charge in [-0.05, 0) is 0 Å². The maximum absolute atomic E-state index is 13.7. The summed E-state index contributed by atoms with van der Waals surface area (Å²) in [6.45, 7) is 0. The zero-order valence-corrected chi connectivity index (χ0v) is 11.2. The molecule has 0 amide bonds. The van der Waals surface area contributed by atoms with E-state index in [0.29, 0.717) is 0 Å². The molecule has 2 rings (SSSR count). The molecule has 0 fully saturated rings. The number of halogens is 4. The van der Waals surface area contributed by atoms with Crippen LogP contribution in [0.2, 0.25) is 0 Å². The van der Waals surface area contributed by atoms with Crippen molar-refractivity contribution in [1.29, 1.82) is 0 Å². The molecule has 0 radical (unpaired) electrons. The smallest absolute Gasteiger partial charge is 0.426 e. The molecule has 10 heteroatoms. The van der Waals surface area contributed by atoms with E-state index in [2.05, 4.69) is 19.8 Å². The molecule has 0 N–H and O–H groups in total. The maximum atomic E-state index is 13.7. The van der Waals surface area contributed by atoms with E-state index in [0.717, 1.165) is 7.11 Å². The van der Waals surface area contributed by atoms with Gasteiger partial charge in [-0.2, -0.15) is 27.5 Å². The van der Waals surface area contributed by atoms with Crippen molar-refractivity contribution >= 4 is 0 Å². The van der Waals surface area contributed by atoms with E-state index in [-0.39, 0.29) is 17.3 Å². The molecule has 0 aliphatic rings. The third-order valence-electron chi connectivity index (χ3n) is 2.54. The van der Waals surface area contributed by atoms with Crippen molar-refractivity contribution in [3.05, 3.63) is 17.7 Å². The van der Waals surface area contributed by atoms with Crippen molar-refractivity contribution < 1.29 is 27.0 Å². The Morgan fingerprint density at radius 3 is 2.24 bits per heavy atom. The summed E-state index contributed by atoms with van der Waals surface area (Å²) in [6, 6.07) is 0. The second-order valence-electron chi connectivity index (χ2n) is 3.95. The van der Waals surface area contributed by atoms with Crippen LogP contribution in [0.3, 0.4) is 0 Å². The first-order chi connectivity index (χ1) is 9.77. The fraction of sp³-hybridized carbons (Fsp3) is 0.364. The van der Waals surface area contributed by atoms with Crippen molar-refractivity contribution in [2.45, 2.75) is 6.18 Å². The lowest BCUT2D eigenvalue weighted by atomic mass is 10.2. The number of hydrogen-bond acceptors (Lipinski definition) is 5. The van der Waals surface area contributed by atoms with Crippen LogP contribution in [0.15, 0.2) is 6.20 Å². The molecule has 21 heavy (non-hydrogen) atoms. The molecule has 0 aromatic carbocycles. The first-order valence-electron chi connectivity index (χ1n) is 5.54. The molecule has 0 saturated carbocycles. The largest absolute Gasteiger partial charge is 0.480 e. The highest BCUT2D eigenvalue weighted by Gasteiger charge is 2.40. The average molecular weight is 306 g/mol. The Labute approximate surface area is 116 Å². The van der Waals surface area contributed by atoms with Gasteiger partial charge in [-0.3, -0.25) is 4.68 Å². The molecule has 0 saturated heterocycles. The third kappa shape index (κ3) is 2.73. The minimum absolute atomic E-state index is 0.0544. The molecule has 0 unspecified atom stereocenters. The van der Waals surface area contributed by atoms with Crippen molar-refractivity contribution in [2.24, 2.45) is 7.05 Å². The van der Waals surface area contributed by atoms with E-state index in [1.165, 1.54) is 18.0 Å². The minimum Gasteiger partial charge on any atom is -0.480 e. The Hall–Kier alpha value is -2.39. The zero-order valence-electron chi connectivity index (χ0n) is 11.2. The van der Waals surface area contributed by atoms with E-state index in [4.69, 9.17) is 4.74 Å². The topological polar surface area (TPSA) is 62.1 Å². The Morgan fingerprint density at radius 2 is 1.71 bits per heavy atom. The summed E-state index contributed by atoms with van der Waals surface area (Å²) in [6.07, 6.45) is -3.58. The molecule has 0 aliphatic heterocycles. The minimum atomic E-state index is -4.97. The van der Waals surface area contributed by atoms with Gasteiger partial charge in [0.05, 0.1) is 14.2 Å². The van der Waals surface area contributed by atoms with Crippen LogP contribution in [-0.2, 0) is 13.2 Å². The highest BCUT2D eigenvalue weighted by molar-refractivity contribution is 5.61. The van der Waals surface area contributed by atoms with Crippen LogP contribution in [-0.4, -0.2) is 34.0 Å². The van der Waals surface area contributed by atoms with E-state index in [1.807, 2.05) is 0 Å². The number of hydrogen-bond donors (Lipinski definition) is 0. The second kappa shape index (κ2) is 5.19. The van der Waals surface area contributed by atoms with Crippen LogP contribution in [0.25, 0.3) is 11.4 Å². The van der Waals surface area contributed by atoms with Crippen LogP contribution in [0.5, 0.6) is 11.8 Å². The Kier molecular flexibility index (Phi) is 3.71. The third-order valence-corrected chi connectivity index (χ3v) is 2.54. The fourth-order valence-electron chi connectivity index (χ4n) is 1.69. The van der Waals surface area contributed by atoms with Crippen molar-refractivity contribution in [1.82, 2.24) is 19.7 Å². The van der Waals surface area contributed by atoms with E-state index >= 15 is 0 Å². The lowest BCUT2D eigenvalue weighted by molar-refractivity contribution is -0.142. The van der Waals surface area contributed by atoms with Crippen LogP contribution in [0.1, 0.15) is 5.56 Å². The average Bonchev–Trinajstić information content (AvgIpc) is 2.77. The van der Waals surface area contributed by atoms with E-state index in [1.54, 1.807) is 7.05 Å². The first kappa shape index (κ1) is 15.0. The van der Waals surface area contributed by atoms with Gasteiger partial charge in [0.1, 0.15) is 5.56 Å². The van der Waals surface area contributed by atoms with Gasteiger partial charge in [0.2, 0.25) is 17.7 Å². The SMILES string of the molecule is COc1nn(C)cc1-c1nc(F)c(C(F)(F)F)c(OC)n1. The highest BCUT2D eigenvalue weighted by atomic mass is 19.4. The van der Waals surface area contributed by atoms with Crippen molar-refractivity contribution in [3.63, 3.8) is 0 Å². The van der Waals surface area contributed by atoms with Crippen LogP contribution < -0.4 is 9.47 Å². The molecule has 0 spiro atoms. The van der Waals surface area contributed by atoms with Gasteiger partial charge in [-0.25, -0.2) is 0 Å². The normalized spacial score (nSPS) is 11.6. The molecular weight excluding hydrogens is 296 g/mol. The van der Waals surface area contributed by atoms with Gasteiger partial charge >= 0.3 is 6.18 Å². The monoisotopic (exact) mass is 306 g/mol. The van der Waals surface area contributed by atoms with E-state index in [9.17, 15) is 17.6 Å². The maximum Gasteiger partial charge on any atom is 0.426 e. The summed E-state index contributed by atoms with van der Waals surface area (Å²) >= 11 is 0. The summed E-state index contributed by atoms with van der Waals surface area (Å²) < 4.78 is 62.7. The van der Waals surface area contributed by atoms with Gasteiger partial charge < -0.3 is 9.47 Å². The van der Waals surface area contributed by atoms with Crippen LogP contribution in [0, 0.1) is 5.95 Å². The van der Waals surface area contributed by atoms with Crippen molar-refractivity contribution in [3.8, 4) is 23.1 Å². The molecule has 6 nitrogen and oxygen atoms in total. The number of methoxy groups -OCH3 is 2. The molecule has 2 heterocycles. The summed E-state index contributed by atoms with van der Waals surface area (Å²) in [4.78, 5) is 6.81. The van der Waals surface area contributed by atoms with Gasteiger partial charge in [0, 0.05) is 13.2 Å². The Balaban J connectivity index is 2.65. The number of nitrogens with zero attached hydrogens (tertiary/aromatic N) is 4. The fourth-order valence-corrected chi connectivity index (χ4v) is 1.69. The second-order valence-corrected chi connectivity index (χ2v) is 3.95. The molecule has 114 valence electrons. The summed E-state index contributed by atoms with van der Waals surface area (Å²) in [5.74, 6) is -2.90. The predicted molar refractivity (Wildman–Crippen MR) is 62.3 cm³/mol.